The molecule has 1 aromatic rings. The first-order chi connectivity index (χ1) is 12.5. The van der Waals surface area contributed by atoms with E-state index in [1.807, 2.05) is 0 Å². The molecule has 5 nitrogen and oxygen atoms in total. The zero-order chi connectivity index (χ0) is 18.3. The van der Waals surface area contributed by atoms with Crippen LogP contribution in [0.5, 0.6) is 0 Å². The van der Waals surface area contributed by atoms with E-state index in [0.717, 1.165) is 25.7 Å². The molecule has 27 heavy (non-hydrogen) atoms. The van der Waals surface area contributed by atoms with E-state index in [-0.39, 0.29) is 41.9 Å². The Kier molecular flexibility index (Phi) is 6.06. The van der Waals surface area contributed by atoms with Crippen molar-refractivity contribution in [1.82, 2.24) is 5.32 Å². The normalized spacial score (nSPS) is 32.7. The van der Waals surface area contributed by atoms with Gasteiger partial charge >= 0.3 is 0 Å². The van der Waals surface area contributed by atoms with Crippen LogP contribution in [0.15, 0.2) is 24.3 Å². The monoisotopic (exact) mass is 395 g/mol. The van der Waals surface area contributed by atoms with Crippen molar-refractivity contribution in [3.8, 4) is 0 Å². The van der Waals surface area contributed by atoms with E-state index in [0.29, 0.717) is 24.8 Å². The molecule has 3 atom stereocenters. The van der Waals surface area contributed by atoms with Crippen LogP contribution in [0.1, 0.15) is 38.5 Å². The molecule has 3 unspecified atom stereocenters. The Morgan fingerprint density at radius 3 is 2.48 bits per heavy atom. The molecule has 4 rings (SSSR count). The summed E-state index contributed by atoms with van der Waals surface area (Å²) in [6, 6.07) is 5.92. The Bertz CT molecular complexity index is 702. The number of fused-ring (bicyclic) bond motifs is 2. The molecule has 148 valence electrons. The minimum absolute atomic E-state index is 0. The predicted molar refractivity (Wildman–Crippen MR) is 104 cm³/mol. The molecule has 1 aliphatic heterocycles. The summed E-state index contributed by atoms with van der Waals surface area (Å²) < 4.78 is 14.0. The summed E-state index contributed by atoms with van der Waals surface area (Å²) in [5.74, 6) is 0.112. The zero-order valence-corrected chi connectivity index (χ0v) is 16.1. The fourth-order valence-electron chi connectivity index (χ4n) is 5.02. The number of carbonyl (C=O) groups is 2. The predicted octanol–water partition coefficient (Wildman–Crippen LogP) is 2.62. The summed E-state index contributed by atoms with van der Waals surface area (Å²) in [6.45, 7) is 0.422. The Balaban J connectivity index is 0.00000210. The van der Waals surface area contributed by atoms with Crippen LogP contribution in [0.25, 0.3) is 0 Å². The topological polar surface area (TPSA) is 75.4 Å². The average Bonchev–Trinajstić information content (AvgIpc) is 2.95. The number of amides is 2. The largest absolute Gasteiger partial charge is 0.344 e. The van der Waals surface area contributed by atoms with E-state index in [1.165, 1.54) is 17.4 Å². The first kappa shape index (κ1) is 20.1. The highest BCUT2D eigenvalue weighted by molar-refractivity contribution is 6.01. The van der Waals surface area contributed by atoms with E-state index in [4.69, 9.17) is 5.73 Å². The third kappa shape index (κ3) is 3.83. The Morgan fingerprint density at radius 1 is 1.15 bits per heavy atom. The third-order valence-electron chi connectivity index (χ3n) is 6.45. The first-order valence-corrected chi connectivity index (χ1v) is 9.66. The molecule has 2 amide bonds. The maximum absolute atomic E-state index is 14.0. The number of hydrogen-bond acceptors (Lipinski definition) is 3. The minimum Gasteiger partial charge on any atom is -0.344 e. The van der Waals surface area contributed by atoms with Gasteiger partial charge in [0, 0.05) is 18.5 Å². The summed E-state index contributed by atoms with van der Waals surface area (Å²) in [5, 5.41) is 2.93. The van der Waals surface area contributed by atoms with Gasteiger partial charge in [0.15, 0.2) is 0 Å². The van der Waals surface area contributed by atoms with Crippen LogP contribution < -0.4 is 16.0 Å². The highest BCUT2D eigenvalue weighted by Gasteiger charge is 2.42. The SMILES string of the molecule is Cl.NC1C2CCCC1CC(C(=O)NC1CCN(c3ccccc3F)C1=O)C2. The van der Waals surface area contributed by atoms with Crippen molar-refractivity contribution in [2.45, 2.75) is 50.6 Å². The van der Waals surface area contributed by atoms with Gasteiger partial charge in [-0.3, -0.25) is 9.59 Å². The number of carbonyl (C=O) groups excluding carboxylic acids is 2. The Labute approximate surface area is 165 Å². The number of nitrogens with one attached hydrogen (secondary N) is 1. The average molecular weight is 396 g/mol. The fraction of sp³-hybridized carbons (Fsp3) is 0.600. The van der Waals surface area contributed by atoms with Crippen LogP contribution in [0.3, 0.4) is 0 Å². The highest BCUT2D eigenvalue weighted by Crippen LogP contribution is 2.42. The van der Waals surface area contributed by atoms with Crippen molar-refractivity contribution in [3.63, 3.8) is 0 Å². The molecule has 2 bridgehead atoms. The van der Waals surface area contributed by atoms with Gasteiger partial charge < -0.3 is 16.0 Å². The Morgan fingerprint density at radius 2 is 1.81 bits per heavy atom. The van der Waals surface area contributed by atoms with Crippen molar-refractivity contribution < 1.29 is 14.0 Å². The number of nitrogens with zero attached hydrogens (tertiary/aromatic N) is 1. The van der Waals surface area contributed by atoms with E-state index in [9.17, 15) is 14.0 Å². The van der Waals surface area contributed by atoms with Gasteiger partial charge in [-0.05, 0) is 56.1 Å². The molecule has 1 saturated heterocycles. The molecular weight excluding hydrogens is 369 g/mol. The molecule has 1 heterocycles. The lowest BCUT2D eigenvalue weighted by atomic mass is 9.65. The Hall–Kier alpha value is -1.66. The van der Waals surface area contributed by atoms with Gasteiger partial charge in [0.25, 0.3) is 0 Å². The number of rotatable bonds is 3. The second-order valence-corrected chi connectivity index (χ2v) is 7.99. The summed E-state index contributed by atoms with van der Waals surface area (Å²) in [7, 11) is 0. The molecule has 0 aromatic heterocycles. The first-order valence-electron chi connectivity index (χ1n) is 9.66. The number of nitrogens with two attached hydrogens (primary N) is 1. The lowest BCUT2D eigenvalue weighted by Crippen LogP contribution is -2.51. The van der Waals surface area contributed by atoms with Crippen molar-refractivity contribution in [1.29, 1.82) is 0 Å². The summed E-state index contributed by atoms with van der Waals surface area (Å²) in [5.41, 5.74) is 6.59. The van der Waals surface area contributed by atoms with Gasteiger partial charge in [0.1, 0.15) is 11.9 Å². The quantitative estimate of drug-likeness (QED) is 0.826. The molecule has 0 radical (unpaired) electrons. The van der Waals surface area contributed by atoms with E-state index < -0.39 is 11.9 Å². The molecule has 3 aliphatic rings. The molecule has 2 saturated carbocycles. The van der Waals surface area contributed by atoms with Gasteiger partial charge in [-0.15, -0.1) is 12.4 Å². The maximum Gasteiger partial charge on any atom is 0.249 e. The van der Waals surface area contributed by atoms with Gasteiger partial charge in [0.2, 0.25) is 11.8 Å². The second kappa shape index (κ2) is 8.15. The van der Waals surface area contributed by atoms with Crippen LogP contribution in [-0.2, 0) is 9.59 Å². The number of hydrogen-bond donors (Lipinski definition) is 2. The van der Waals surface area contributed by atoms with Crippen LogP contribution in [-0.4, -0.2) is 30.4 Å². The highest BCUT2D eigenvalue weighted by atomic mass is 35.5. The number of halogens is 2. The van der Waals surface area contributed by atoms with E-state index in [1.54, 1.807) is 18.2 Å². The van der Waals surface area contributed by atoms with Crippen LogP contribution in [0.2, 0.25) is 0 Å². The van der Waals surface area contributed by atoms with Gasteiger partial charge in [-0.1, -0.05) is 18.6 Å². The van der Waals surface area contributed by atoms with Crippen molar-refractivity contribution in [2.75, 3.05) is 11.4 Å². The smallest absolute Gasteiger partial charge is 0.249 e. The van der Waals surface area contributed by atoms with Crippen LogP contribution >= 0.6 is 12.4 Å². The van der Waals surface area contributed by atoms with Crippen molar-refractivity contribution >= 4 is 29.9 Å². The molecule has 0 spiro atoms. The van der Waals surface area contributed by atoms with Gasteiger partial charge in [-0.2, -0.15) is 0 Å². The third-order valence-corrected chi connectivity index (χ3v) is 6.45. The fourth-order valence-corrected chi connectivity index (χ4v) is 5.02. The number of benzene rings is 1. The molecular formula is C20H27ClFN3O2. The van der Waals surface area contributed by atoms with Gasteiger partial charge in [-0.25, -0.2) is 4.39 Å². The summed E-state index contributed by atoms with van der Waals surface area (Å²) in [6.07, 6.45) is 5.56. The van der Waals surface area contributed by atoms with E-state index >= 15 is 0 Å². The lowest BCUT2D eigenvalue weighted by Gasteiger charge is -2.43. The lowest BCUT2D eigenvalue weighted by molar-refractivity contribution is -0.131. The van der Waals surface area contributed by atoms with Crippen LogP contribution in [0.4, 0.5) is 10.1 Å². The molecule has 3 N–H and O–H groups in total. The standard InChI is InChI=1S/C20H26FN3O2.ClH/c21-15-6-1-2-7-17(15)24-9-8-16(20(24)26)23-19(25)14-10-12-4-3-5-13(11-14)18(12)22;/h1-2,6-7,12-14,16,18H,3-5,8-11,22H2,(H,23,25);1H. The summed E-state index contributed by atoms with van der Waals surface area (Å²) >= 11 is 0. The zero-order valence-electron chi connectivity index (χ0n) is 15.3. The number of anilines is 1. The van der Waals surface area contributed by atoms with Crippen LogP contribution in [0, 0.1) is 23.6 Å². The van der Waals surface area contributed by atoms with Crippen molar-refractivity contribution in [2.24, 2.45) is 23.5 Å². The minimum atomic E-state index is -0.558. The summed E-state index contributed by atoms with van der Waals surface area (Å²) in [4.78, 5) is 26.8. The second-order valence-electron chi connectivity index (χ2n) is 7.99. The number of para-hydroxylation sites is 1. The van der Waals surface area contributed by atoms with Crippen molar-refractivity contribution in [3.05, 3.63) is 30.1 Å². The van der Waals surface area contributed by atoms with E-state index in [2.05, 4.69) is 5.32 Å². The molecule has 7 heteroatoms. The maximum atomic E-state index is 14.0. The molecule has 3 fully saturated rings. The van der Waals surface area contributed by atoms with Gasteiger partial charge in [0.05, 0.1) is 5.69 Å². The molecule has 2 aliphatic carbocycles. The molecule has 1 aromatic carbocycles.